The van der Waals surface area contributed by atoms with Crippen LogP contribution in [0.5, 0.6) is 5.75 Å². The van der Waals surface area contributed by atoms with E-state index in [0.29, 0.717) is 71.9 Å². The fourth-order valence-corrected chi connectivity index (χ4v) is 6.99. The van der Waals surface area contributed by atoms with Crippen molar-refractivity contribution in [2.24, 2.45) is 11.8 Å². The van der Waals surface area contributed by atoms with Crippen LogP contribution in [-0.4, -0.2) is 94.7 Å². The van der Waals surface area contributed by atoms with Crippen molar-refractivity contribution >= 4 is 28.6 Å². The van der Waals surface area contributed by atoms with Gasteiger partial charge in [0.15, 0.2) is 0 Å². The number of ether oxygens (including phenoxy) is 1. The number of piperidine rings is 1. The van der Waals surface area contributed by atoms with Gasteiger partial charge in [-0.05, 0) is 54.9 Å². The first-order valence-electron chi connectivity index (χ1n) is 16.0. The van der Waals surface area contributed by atoms with Crippen LogP contribution >= 0.6 is 0 Å². The number of pyridine rings is 1. The van der Waals surface area contributed by atoms with Gasteiger partial charge >= 0.3 is 0 Å². The third kappa shape index (κ3) is 7.21. The molecule has 0 N–H and O–H groups in total. The van der Waals surface area contributed by atoms with E-state index in [4.69, 9.17) is 4.74 Å². The number of piperazine rings is 1. The van der Waals surface area contributed by atoms with Crippen LogP contribution in [0.15, 0.2) is 60.8 Å². The SMILES string of the molecule is CC(=O)N1CCN(C(=O)C[C@@H]2CCN3C[C@@H]2CCCOc2ccccc2CN(Cc2cnc4ccccc4c2)CC3=O)CC1. The summed E-state index contributed by atoms with van der Waals surface area (Å²) in [7, 11) is 0. The summed E-state index contributed by atoms with van der Waals surface area (Å²) in [6, 6.07) is 18.4. The van der Waals surface area contributed by atoms with E-state index in [2.05, 4.69) is 28.1 Å². The minimum absolute atomic E-state index is 0.0653. The Balaban J connectivity index is 1.17. The van der Waals surface area contributed by atoms with Gasteiger partial charge in [0, 0.05) is 82.8 Å². The van der Waals surface area contributed by atoms with Crippen molar-refractivity contribution in [2.75, 3.05) is 52.4 Å². The molecule has 2 fully saturated rings. The molecule has 2 saturated heterocycles. The fourth-order valence-electron chi connectivity index (χ4n) is 6.99. The molecule has 9 nitrogen and oxygen atoms in total. The van der Waals surface area contributed by atoms with Crippen LogP contribution in [-0.2, 0) is 27.5 Å². The van der Waals surface area contributed by atoms with Crippen LogP contribution in [0.1, 0.15) is 43.7 Å². The lowest BCUT2D eigenvalue weighted by molar-refractivity contribution is -0.140. The number of hydrogen-bond donors (Lipinski definition) is 0. The number of rotatable bonds is 4. The Labute approximate surface area is 259 Å². The quantitative estimate of drug-likeness (QED) is 0.453. The van der Waals surface area contributed by atoms with Gasteiger partial charge in [0.05, 0.1) is 18.7 Å². The maximum Gasteiger partial charge on any atom is 0.236 e. The Morgan fingerprint density at radius 3 is 2.55 bits per heavy atom. The Bertz CT molecular complexity index is 1490. The highest BCUT2D eigenvalue weighted by atomic mass is 16.5. The molecule has 0 aliphatic carbocycles. The molecule has 0 saturated carbocycles. The number of hydrogen-bond acceptors (Lipinski definition) is 6. The summed E-state index contributed by atoms with van der Waals surface area (Å²) in [5.74, 6) is 1.70. The number of carbonyl (C=O) groups is 3. The number of amides is 3. The monoisotopic (exact) mass is 597 g/mol. The van der Waals surface area contributed by atoms with Crippen molar-refractivity contribution in [2.45, 2.75) is 45.7 Å². The Kier molecular flexibility index (Phi) is 9.40. The molecule has 0 unspecified atom stereocenters. The summed E-state index contributed by atoms with van der Waals surface area (Å²) >= 11 is 0. The summed E-state index contributed by atoms with van der Waals surface area (Å²) in [6.45, 7) is 7.42. The Morgan fingerprint density at radius 1 is 0.932 bits per heavy atom. The summed E-state index contributed by atoms with van der Waals surface area (Å²) in [5.41, 5.74) is 3.10. The molecular formula is C35H43N5O4. The molecule has 3 aromatic rings. The normalized spacial score (nSPS) is 21.9. The van der Waals surface area contributed by atoms with Gasteiger partial charge in [0.2, 0.25) is 17.7 Å². The summed E-state index contributed by atoms with van der Waals surface area (Å²) in [5, 5.41) is 1.09. The van der Waals surface area contributed by atoms with Crippen molar-refractivity contribution in [3.05, 3.63) is 71.9 Å². The van der Waals surface area contributed by atoms with Gasteiger partial charge in [0.25, 0.3) is 0 Å². The summed E-state index contributed by atoms with van der Waals surface area (Å²) in [4.78, 5) is 51.5. The Morgan fingerprint density at radius 2 is 1.70 bits per heavy atom. The highest BCUT2D eigenvalue weighted by Crippen LogP contribution is 2.32. The average Bonchev–Trinajstić information content (AvgIpc) is 3.04. The lowest BCUT2D eigenvalue weighted by Gasteiger charge is -2.40. The van der Waals surface area contributed by atoms with E-state index < -0.39 is 0 Å². The van der Waals surface area contributed by atoms with Crippen LogP contribution in [0, 0.1) is 11.8 Å². The number of benzene rings is 2. The highest BCUT2D eigenvalue weighted by Gasteiger charge is 2.35. The first kappa shape index (κ1) is 30.1. The van der Waals surface area contributed by atoms with Crippen LogP contribution < -0.4 is 4.74 Å². The van der Waals surface area contributed by atoms with Gasteiger partial charge in [-0.3, -0.25) is 24.3 Å². The minimum Gasteiger partial charge on any atom is -0.493 e. The van der Waals surface area contributed by atoms with E-state index in [9.17, 15) is 14.4 Å². The minimum atomic E-state index is 0.0653. The average molecular weight is 598 g/mol. The molecule has 6 rings (SSSR count). The molecule has 3 aliphatic heterocycles. The molecule has 2 aromatic carbocycles. The first-order valence-corrected chi connectivity index (χ1v) is 16.0. The second-order valence-electron chi connectivity index (χ2n) is 12.5. The van der Waals surface area contributed by atoms with Crippen LogP contribution in [0.25, 0.3) is 10.9 Å². The second kappa shape index (κ2) is 13.8. The zero-order chi connectivity index (χ0) is 30.5. The molecule has 9 heteroatoms. The molecular weight excluding hydrogens is 554 g/mol. The predicted octanol–water partition coefficient (Wildman–Crippen LogP) is 3.96. The van der Waals surface area contributed by atoms with Crippen LogP contribution in [0.2, 0.25) is 0 Å². The Hall–Kier alpha value is -3.98. The van der Waals surface area contributed by atoms with Crippen LogP contribution in [0.3, 0.4) is 0 Å². The maximum absolute atomic E-state index is 13.8. The van der Waals surface area contributed by atoms with E-state index in [1.165, 1.54) is 0 Å². The third-order valence-corrected chi connectivity index (χ3v) is 9.51. The number of nitrogens with zero attached hydrogens (tertiary/aromatic N) is 5. The van der Waals surface area contributed by atoms with Gasteiger partial charge < -0.3 is 19.4 Å². The third-order valence-electron chi connectivity index (χ3n) is 9.51. The number of para-hydroxylation sites is 2. The number of carbonyl (C=O) groups excluding carboxylic acids is 3. The zero-order valence-electron chi connectivity index (χ0n) is 25.7. The van der Waals surface area contributed by atoms with Gasteiger partial charge in [-0.1, -0.05) is 36.4 Å². The van der Waals surface area contributed by atoms with E-state index in [1.54, 1.807) is 11.8 Å². The topological polar surface area (TPSA) is 86.3 Å². The highest BCUT2D eigenvalue weighted by molar-refractivity contribution is 5.80. The lowest BCUT2D eigenvalue weighted by Crippen LogP contribution is -2.51. The van der Waals surface area contributed by atoms with E-state index in [1.807, 2.05) is 52.4 Å². The molecule has 0 spiro atoms. The molecule has 2 atom stereocenters. The van der Waals surface area contributed by atoms with Crippen molar-refractivity contribution in [1.82, 2.24) is 24.6 Å². The van der Waals surface area contributed by atoms with Crippen molar-refractivity contribution in [1.29, 1.82) is 0 Å². The molecule has 232 valence electrons. The molecule has 1 aromatic heterocycles. The van der Waals surface area contributed by atoms with Gasteiger partial charge in [-0.2, -0.15) is 0 Å². The van der Waals surface area contributed by atoms with Gasteiger partial charge in [-0.25, -0.2) is 0 Å². The number of aromatic nitrogens is 1. The van der Waals surface area contributed by atoms with Gasteiger partial charge in [-0.15, -0.1) is 0 Å². The van der Waals surface area contributed by atoms with E-state index >= 15 is 0 Å². The largest absolute Gasteiger partial charge is 0.493 e. The van der Waals surface area contributed by atoms with Crippen LogP contribution in [0.4, 0.5) is 0 Å². The fraction of sp³-hybridized carbons (Fsp3) is 0.486. The second-order valence-corrected chi connectivity index (χ2v) is 12.5. The van der Waals surface area contributed by atoms with E-state index in [0.717, 1.165) is 47.0 Å². The first-order chi connectivity index (χ1) is 21.4. The molecule has 3 amide bonds. The molecule has 2 bridgehead atoms. The molecule has 4 heterocycles. The van der Waals surface area contributed by atoms with Crippen molar-refractivity contribution in [3.63, 3.8) is 0 Å². The molecule has 0 radical (unpaired) electrons. The number of fused-ring (bicyclic) bond motifs is 4. The lowest BCUT2D eigenvalue weighted by atomic mass is 9.80. The van der Waals surface area contributed by atoms with E-state index in [-0.39, 0.29) is 29.6 Å². The van der Waals surface area contributed by atoms with Gasteiger partial charge in [0.1, 0.15) is 5.75 Å². The zero-order valence-corrected chi connectivity index (χ0v) is 25.7. The molecule has 44 heavy (non-hydrogen) atoms. The summed E-state index contributed by atoms with van der Waals surface area (Å²) < 4.78 is 6.32. The van der Waals surface area contributed by atoms with Crippen molar-refractivity contribution < 1.29 is 19.1 Å². The maximum atomic E-state index is 13.8. The molecule has 3 aliphatic rings. The smallest absolute Gasteiger partial charge is 0.236 e. The summed E-state index contributed by atoms with van der Waals surface area (Å²) in [6.07, 6.45) is 5.02. The standard InChI is InChI=1S/C35H43N5O4/c1-26(41)38-14-16-39(17-15-38)34(42)20-28-12-13-40-24-30(28)9-6-18-44-33-11-5-3-8-31(33)23-37(25-35(40)43)22-27-19-29-7-2-4-10-32(29)36-21-27/h2-5,7-8,10-11,19,21,28,30H,6,9,12-18,20,22-25H2,1H3/t28-,30-/m0/s1. The van der Waals surface area contributed by atoms with Crippen molar-refractivity contribution in [3.8, 4) is 5.75 Å². The predicted molar refractivity (Wildman–Crippen MR) is 169 cm³/mol.